The summed E-state index contributed by atoms with van der Waals surface area (Å²) in [6.07, 6.45) is 6.04. The van der Waals surface area contributed by atoms with E-state index in [9.17, 15) is 5.11 Å². The van der Waals surface area contributed by atoms with E-state index < -0.39 is 5.60 Å². The van der Waals surface area contributed by atoms with Gasteiger partial charge in [-0.25, -0.2) is 0 Å². The van der Waals surface area contributed by atoms with Crippen LogP contribution in [0.2, 0.25) is 0 Å². The molecule has 1 rings (SSSR count). The maximum absolute atomic E-state index is 10.3. The first-order valence-corrected chi connectivity index (χ1v) is 6.23. The maximum Gasteiger partial charge on any atom is 0.0923 e. The number of nitrogens with two attached hydrogens (primary N) is 1. The molecule has 1 fully saturated rings. The summed E-state index contributed by atoms with van der Waals surface area (Å²) in [7, 11) is 2.08. The zero-order valence-corrected chi connectivity index (χ0v) is 10.2. The van der Waals surface area contributed by atoms with Crippen LogP contribution in [0.4, 0.5) is 0 Å². The Hall–Kier alpha value is -0.120. The number of aliphatic hydroxyl groups is 1. The van der Waals surface area contributed by atoms with E-state index in [2.05, 4.69) is 18.9 Å². The molecule has 90 valence electrons. The standard InChI is InChI=1S/C12H26N2O/c1-3-4-5-8-14(2)10-12(15,9-13)11-6-7-11/h11,15H,3-10,13H2,1-2H3. The first kappa shape index (κ1) is 12.9. The Morgan fingerprint density at radius 3 is 2.53 bits per heavy atom. The van der Waals surface area contributed by atoms with Gasteiger partial charge in [-0.05, 0) is 38.8 Å². The largest absolute Gasteiger partial charge is 0.387 e. The van der Waals surface area contributed by atoms with Gasteiger partial charge in [0.2, 0.25) is 0 Å². The summed E-state index contributed by atoms with van der Waals surface area (Å²) in [6, 6.07) is 0. The van der Waals surface area contributed by atoms with E-state index in [1.54, 1.807) is 0 Å². The molecule has 1 saturated carbocycles. The normalized spacial score (nSPS) is 20.6. The molecule has 0 saturated heterocycles. The molecule has 3 nitrogen and oxygen atoms in total. The fourth-order valence-corrected chi connectivity index (χ4v) is 2.16. The molecule has 0 bridgehead atoms. The van der Waals surface area contributed by atoms with Gasteiger partial charge >= 0.3 is 0 Å². The summed E-state index contributed by atoms with van der Waals surface area (Å²) in [5.41, 5.74) is 5.05. The molecule has 3 N–H and O–H groups in total. The minimum atomic E-state index is -0.624. The molecule has 0 heterocycles. The predicted molar refractivity (Wildman–Crippen MR) is 63.8 cm³/mol. The highest BCUT2D eigenvalue weighted by atomic mass is 16.3. The summed E-state index contributed by atoms with van der Waals surface area (Å²) in [5, 5.41) is 10.3. The van der Waals surface area contributed by atoms with Crippen LogP contribution in [0, 0.1) is 5.92 Å². The second-order valence-corrected chi connectivity index (χ2v) is 5.03. The number of hydrogen-bond acceptors (Lipinski definition) is 3. The van der Waals surface area contributed by atoms with Crippen molar-refractivity contribution in [2.75, 3.05) is 26.7 Å². The van der Waals surface area contributed by atoms with Gasteiger partial charge in [-0.2, -0.15) is 0 Å². The maximum atomic E-state index is 10.3. The van der Waals surface area contributed by atoms with Crippen LogP contribution in [-0.4, -0.2) is 42.3 Å². The minimum Gasteiger partial charge on any atom is -0.387 e. The molecule has 0 aromatic heterocycles. The van der Waals surface area contributed by atoms with Crippen LogP contribution < -0.4 is 5.73 Å². The zero-order chi connectivity index (χ0) is 11.3. The second-order valence-electron chi connectivity index (χ2n) is 5.03. The van der Waals surface area contributed by atoms with E-state index in [0.717, 1.165) is 25.9 Å². The topological polar surface area (TPSA) is 49.5 Å². The van der Waals surface area contributed by atoms with Crippen molar-refractivity contribution in [1.29, 1.82) is 0 Å². The smallest absolute Gasteiger partial charge is 0.0923 e. The lowest BCUT2D eigenvalue weighted by atomic mass is 9.97. The molecule has 1 aliphatic rings. The van der Waals surface area contributed by atoms with Gasteiger partial charge < -0.3 is 15.7 Å². The average Bonchev–Trinajstić information content (AvgIpc) is 3.01. The molecule has 0 amide bonds. The molecule has 1 atom stereocenters. The van der Waals surface area contributed by atoms with E-state index in [4.69, 9.17) is 5.73 Å². The van der Waals surface area contributed by atoms with Crippen molar-refractivity contribution in [1.82, 2.24) is 4.90 Å². The van der Waals surface area contributed by atoms with E-state index in [0.29, 0.717) is 12.5 Å². The summed E-state index contributed by atoms with van der Waals surface area (Å²) >= 11 is 0. The Morgan fingerprint density at radius 1 is 1.40 bits per heavy atom. The molecular weight excluding hydrogens is 188 g/mol. The molecule has 1 unspecified atom stereocenters. The van der Waals surface area contributed by atoms with Gasteiger partial charge in [0, 0.05) is 13.1 Å². The van der Waals surface area contributed by atoms with Gasteiger partial charge in [-0.3, -0.25) is 0 Å². The van der Waals surface area contributed by atoms with Gasteiger partial charge in [0.05, 0.1) is 5.60 Å². The molecule has 0 radical (unpaired) electrons. The highest BCUT2D eigenvalue weighted by Gasteiger charge is 2.43. The summed E-state index contributed by atoms with van der Waals surface area (Å²) < 4.78 is 0. The first-order chi connectivity index (χ1) is 7.12. The molecule has 0 aromatic rings. The third kappa shape index (κ3) is 4.09. The Kier molecular flexibility index (Phi) is 5.03. The monoisotopic (exact) mass is 214 g/mol. The number of nitrogens with zero attached hydrogens (tertiary/aromatic N) is 1. The van der Waals surface area contributed by atoms with Crippen molar-refractivity contribution in [3.8, 4) is 0 Å². The van der Waals surface area contributed by atoms with Gasteiger partial charge in [0.1, 0.15) is 0 Å². The van der Waals surface area contributed by atoms with Crippen molar-refractivity contribution in [3.05, 3.63) is 0 Å². The van der Waals surface area contributed by atoms with E-state index >= 15 is 0 Å². The zero-order valence-electron chi connectivity index (χ0n) is 10.2. The summed E-state index contributed by atoms with van der Waals surface area (Å²) in [5.74, 6) is 0.455. The SMILES string of the molecule is CCCCCN(C)CC(O)(CN)C1CC1. The lowest BCUT2D eigenvalue weighted by Crippen LogP contribution is -2.49. The molecule has 0 aliphatic heterocycles. The third-order valence-electron chi connectivity index (χ3n) is 3.38. The van der Waals surface area contributed by atoms with Crippen molar-refractivity contribution in [3.63, 3.8) is 0 Å². The lowest BCUT2D eigenvalue weighted by Gasteiger charge is -2.31. The predicted octanol–water partition coefficient (Wildman–Crippen LogP) is 1.21. The van der Waals surface area contributed by atoms with Crippen LogP contribution in [0.5, 0.6) is 0 Å². The number of unbranched alkanes of at least 4 members (excludes halogenated alkanes) is 2. The quantitative estimate of drug-likeness (QED) is 0.597. The molecule has 0 aromatic carbocycles. The molecular formula is C12H26N2O. The van der Waals surface area contributed by atoms with Gasteiger partial charge in [0.15, 0.2) is 0 Å². The Labute approximate surface area is 93.6 Å². The molecule has 15 heavy (non-hydrogen) atoms. The Morgan fingerprint density at radius 2 is 2.07 bits per heavy atom. The highest BCUT2D eigenvalue weighted by molar-refractivity contribution is 4.97. The van der Waals surface area contributed by atoms with Crippen molar-refractivity contribution in [2.45, 2.75) is 44.6 Å². The van der Waals surface area contributed by atoms with E-state index in [1.165, 1.54) is 19.3 Å². The van der Waals surface area contributed by atoms with Crippen LogP contribution in [0.3, 0.4) is 0 Å². The van der Waals surface area contributed by atoms with Crippen LogP contribution in [0.1, 0.15) is 39.0 Å². The van der Waals surface area contributed by atoms with Crippen molar-refractivity contribution >= 4 is 0 Å². The molecule has 0 spiro atoms. The van der Waals surface area contributed by atoms with Crippen LogP contribution in [0.15, 0.2) is 0 Å². The van der Waals surface area contributed by atoms with Crippen LogP contribution in [-0.2, 0) is 0 Å². The van der Waals surface area contributed by atoms with E-state index in [-0.39, 0.29) is 0 Å². The van der Waals surface area contributed by atoms with Crippen molar-refractivity contribution in [2.24, 2.45) is 11.7 Å². The number of hydrogen-bond donors (Lipinski definition) is 2. The summed E-state index contributed by atoms with van der Waals surface area (Å²) in [6.45, 7) is 4.41. The Bertz CT molecular complexity index is 182. The van der Waals surface area contributed by atoms with Gasteiger partial charge in [-0.15, -0.1) is 0 Å². The van der Waals surface area contributed by atoms with Crippen LogP contribution in [0.25, 0.3) is 0 Å². The second kappa shape index (κ2) is 5.83. The van der Waals surface area contributed by atoms with Gasteiger partial charge in [-0.1, -0.05) is 19.8 Å². The summed E-state index contributed by atoms with van der Waals surface area (Å²) in [4.78, 5) is 2.22. The van der Waals surface area contributed by atoms with Crippen LogP contribution >= 0.6 is 0 Å². The fourth-order valence-electron chi connectivity index (χ4n) is 2.16. The fraction of sp³-hybridized carbons (Fsp3) is 1.00. The Balaban J connectivity index is 2.24. The number of likely N-dealkylation sites (N-methyl/N-ethyl adjacent to an activating group) is 1. The lowest BCUT2D eigenvalue weighted by molar-refractivity contribution is -0.00230. The average molecular weight is 214 g/mol. The van der Waals surface area contributed by atoms with E-state index in [1.807, 2.05) is 0 Å². The third-order valence-corrected chi connectivity index (χ3v) is 3.38. The van der Waals surface area contributed by atoms with Gasteiger partial charge in [0.25, 0.3) is 0 Å². The first-order valence-electron chi connectivity index (χ1n) is 6.23. The highest BCUT2D eigenvalue weighted by Crippen LogP contribution is 2.39. The van der Waals surface area contributed by atoms with Crippen molar-refractivity contribution < 1.29 is 5.11 Å². The molecule has 1 aliphatic carbocycles. The molecule has 3 heteroatoms. The number of rotatable bonds is 8. The minimum absolute atomic E-state index is 0.399.